The highest BCUT2D eigenvalue weighted by atomic mass is 16.5. The number of nitrogens with two attached hydrogens (primary N) is 1. The van der Waals surface area contributed by atoms with Gasteiger partial charge in [0.05, 0.1) is 41.7 Å². The third-order valence-corrected chi connectivity index (χ3v) is 6.75. The van der Waals surface area contributed by atoms with Crippen molar-refractivity contribution in [3.63, 3.8) is 0 Å². The van der Waals surface area contributed by atoms with Crippen LogP contribution in [0.2, 0.25) is 0 Å². The molecule has 35 heavy (non-hydrogen) atoms. The molecule has 178 valence electrons. The third-order valence-electron chi connectivity index (χ3n) is 6.75. The van der Waals surface area contributed by atoms with E-state index in [9.17, 15) is 9.59 Å². The van der Waals surface area contributed by atoms with Crippen LogP contribution in [-0.2, 0) is 16.0 Å². The summed E-state index contributed by atoms with van der Waals surface area (Å²) in [6.45, 7) is 3.64. The van der Waals surface area contributed by atoms with Gasteiger partial charge in [-0.05, 0) is 36.8 Å². The summed E-state index contributed by atoms with van der Waals surface area (Å²) in [5, 5.41) is 7.67. The van der Waals surface area contributed by atoms with Crippen LogP contribution in [0.25, 0.3) is 16.7 Å². The van der Waals surface area contributed by atoms with E-state index in [2.05, 4.69) is 20.4 Å². The number of ether oxygens (including phenoxy) is 1. The Bertz CT molecular complexity index is 1440. The zero-order chi connectivity index (χ0) is 24.2. The summed E-state index contributed by atoms with van der Waals surface area (Å²) in [4.78, 5) is 37.3. The fraction of sp³-hybridized carbons (Fsp3) is 0.280. The lowest BCUT2D eigenvalue weighted by atomic mass is 9.85. The molecule has 0 radical (unpaired) electrons. The molecule has 2 aromatic carbocycles. The van der Waals surface area contributed by atoms with Crippen molar-refractivity contribution in [2.24, 2.45) is 0 Å². The third kappa shape index (κ3) is 3.36. The highest BCUT2D eigenvalue weighted by Gasteiger charge is 2.53. The lowest BCUT2D eigenvalue weighted by molar-refractivity contribution is -0.138. The van der Waals surface area contributed by atoms with E-state index in [-0.39, 0.29) is 23.7 Å². The molecule has 1 amide bonds. The zero-order valence-electron chi connectivity index (χ0n) is 19.2. The minimum absolute atomic E-state index is 0.178. The summed E-state index contributed by atoms with van der Waals surface area (Å²) in [6.07, 6.45) is 1.68. The number of rotatable bonds is 4. The molecule has 10 heteroatoms. The van der Waals surface area contributed by atoms with Gasteiger partial charge in [-0.2, -0.15) is 5.10 Å². The number of amides is 1. The number of hydrogen-bond donors (Lipinski definition) is 3. The number of nitrogens with zero attached hydrogens (tertiary/aromatic N) is 4. The number of Topliss-reactive ketones (excluding diaryl/α,β-unsaturated/α-hetero) is 1. The van der Waals surface area contributed by atoms with Crippen LogP contribution in [0.4, 0.5) is 11.5 Å². The Morgan fingerprint density at radius 2 is 1.94 bits per heavy atom. The molecule has 4 N–H and O–H groups in total. The number of aromatic nitrogens is 4. The van der Waals surface area contributed by atoms with Crippen LogP contribution < -0.4 is 11.1 Å². The number of ketones is 1. The van der Waals surface area contributed by atoms with Gasteiger partial charge in [0.15, 0.2) is 5.54 Å². The number of hydrogen-bond acceptors (Lipinski definition) is 7. The van der Waals surface area contributed by atoms with E-state index in [0.717, 1.165) is 28.1 Å². The number of anilines is 2. The quantitative estimate of drug-likeness (QED) is 0.307. The maximum absolute atomic E-state index is 14.1. The first-order valence-corrected chi connectivity index (χ1v) is 11.5. The van der Waals surface area contributed by atoms with Crippen molar-refractivity contribution in [1.29, 1.82) is 0 Å². The molecule has 1 saturated heterocycles. The normalized spacial score (nSPS) is 19.5. The zero-order valence-corrected chi connectivity index (χ0v) is 19.2. The first kappa shape index (κ1) is 21.4. The van der Waals surface area contributed by atoms with E-state index < -0.39 is 11.3 Å². The lowest BCUT2D eigenvalue weighted by Gasteiger charge is -2.35. The number of nitrogen functional groups attached to an aromatic ring is 1. The van der Waals surface area contributed by atoms with E-state index in [1.807, 2.05) is 49.4 Å². The largest absolute Gasteiger partial charge is 0.383 e. The Kier molecular flexibility index (Phi) is 4.85. The molecular weight excluding hydrogens is 446 g/mol. The minimum Gasteiger partial charge on any atom is -0.383 e. The SMILES string of the molecule is Cc1nc2ccc(-n3ncc(C(=O)C4(C(=O)N5CCOCC5)Cc5ccccc5N4)c3N)cc2[nH]1. The first-order chi connectivity index (χ1) is 17.0. The van der Waals surface area contributed by atoms with Crippen molar-refractivity contribution in [2.45, 2.75) is 18.9 Å². The van der Waals surface area contributed by atoms with E-state index >= 15 is 0 Å². The highest BCUT2D eigenvalue weighted by molar-refractivity contribution is 6.22. The predicted molar refractivity (Wildman–Crippen MR) is 131 cm³/mol. The highest BCUT2D eigenvalue weighted by Crippen LogP contribution is 2.37. The maximum Gasteiger partial charge on any atom is 0.256 e. The van der Waals surface area contributed by atoms with Crippen LogP contribution in [0.5, 0.6) is 0 Å². The summed E-state index contributed by atoms with van der Waals surface area (Å²) < 4.78 is 6.93. The van der Waals surface area contributed by atoms with E-state index in [0.29, 0.717) is 32.0 Å². The smallest absolute Gasteiger partial charge is 0.256 e. The van der Waals surface area contributed by atoms with E-state index in [1.165, 1.54) is 10.9 Å². The van der Waals surface area contributed by atoms with Crippen molar-refractivity contribution in [1.82, 2.24) is 24.6 Å². The minimum atomic E-state index is -1.49. The van der Waals surface area contributed by atoms with Crippen LogP contribution in [0.1, 0.15) is 21.7 Å². The first-order valence-electron chi connectivity index (χ1n) is 11.5. The van der Waals surface area contributed by atoms with Gasteiger partial charge in [-0.1, -0.05) is 18.2 Å². The van der Waals surface area contributed by atoms with Gasteiger partial charge in [-0.15, -0.1) is 0 Å². The molecule has 1 atom stereocenters. The van der Waals surface area contributed by atoms with Crippen molar-refractivity contribution in [3.05, 3.63) is 65.6 Å². The number of para-hydroxylation sites is 1. The fourth-order valence-corrected chi connectivity index (χ4v) is 4.98. The average molecular weight is 472 g/mol. The van der Waals surface area contributed by atoms with Gasteiger partial charge >= 0.3 is 0 Å². The topological polar surface area (TPSA) is 131 Å². The molecule has 4 heterocycles. The van der Waals surface area contributed by atoms with Crippen LogP contribution >= 0.6 is 0 Å². The standard InChI is InChI=1S/C25H25N7O3/c1-15-28-20-7-6-17(12-21(20)29-15)32-23(26)18(14-27-32)22(33)25(24(34)31-8-10-35-11-9-31)13-16-4-2-3-5-19(16)30-25/h2-7,12,14,30H,8-11,13,26H2,1H3,(H,28,29). The monoisotopic (exact) mass is 471 g/mol. The Labute approximate surface area is 201 Å². The lowest BCUT2D eigenvalue weighted by Crippen LogP contribution is -2.60. The van der Waals surface area contributed by atoms with Gasteiger partial charge in [0, 0.05) is 25.2 Å². The number of carbonyl (C=O) groups is 2. The van der Waals surface area contributed by atoms with Crippen LogP contribution in [-0.4, -0.2) is 68.2 Å². The van der Waals surface area contributed by atoms with Crippen LogP contribution in [0.3, 0.4) is 0 Å². The van der Waals surface area contributed by atoms with Crippen molar-refractivity contribution in [3.8, 4) is 5.69 Å². The summed E-state index contributed by atoms with van der Waals surface area (Å²) in [7, 11) is 0. The Morgan fingerprint density at radius 1 is 1.14 bits per heavy atom. The summed E-state index contributed by atoms with van der Waals surface area (Å²) in [5.74, 6) is 0.310. The number of aromatic amines is 1. The molecule has 2 aromatic heterocycles. The number of imidazole rings is 1. The summed E-state index contributed by atoms with van der Waals surface area (Å²) >= 11 is 0. The number of benzene rings is 2. The number of H-pyrrole nitrogens is 1. The van der Waals surface area contributed by atoms with Gasteiger partial charge in [-0.25, -0.2) is 9.67 Å². The molecule has 1 unspecified atom stereocenters. The maximum atomic E-state index is 14.1. The molecule has 2 aliphatic rings. The van der Waals surface area contributed by atoms with E-state index in [1.54, 1.807) is 4.90 Å². The number of carbonyl (C=O) groups excluding carboxylic acids is 2. The number of aryl methyl sites for hydroxylation is 1. The summed E-state index contributed by atoms with van der Waals surface area (Å²) in [5.41, 5.74) is 9.23. The van der Waals surface area contributed by atoms with Gasteiger partial charge in [0.1, 0.15) is 11.6 Å². The number of nitrogens with one attached hydrogen (secondary N) is 2. The Hall–Kier alpha value is -4.18. The van der Waals surface area contributed by atoms with Crippen molar-refractivity contribution < 1.29 is 14.3 Å². The van der Waals surface area contributed by atoms with E-state index in [4.69, 9.17) is 10.5 Å². The van der Waals surface area contributed by atoms with Crippen LogP contribution in [0.15, 0.2) is 48.7 Å². The second-order valence-corrected chi connectivity index (χ2v) is 8.98. The molecular formula is C25H25N7O3. The number of fused-ring (bicyclic) bond motifs is 2. The van der Waals surface area contributed by atoms with Crippen molar-refractivity contribution >= 4 is 34.2 Å². The molecule has 1 fully saturated rings. The second-order valence-electron chi connectivity index (χ2n) is 8.98. The molecule has 0 spiro atoms. The fourth-order valence-electron chi connectivity index (χ4n) is 4.98. The molecule has 10 nitrogen and oxygen atoms in total. The van der Waals surface area contributed by atoms with Gasteiger partial charge in [0.25, 0.3) is 5.91 Å². The molecule has 6 rings (SSSR count). The van der Waals surface area contributed by atoms with Gasteiger partial charge in [0.2, 0.25) is 5.78 Å². The van der Waals surface area contributed by atoms with Gasteiger partial charge < -0.3 is 25.7 Å². The summed E-state index contributed by atoms with van der Waals surface area (Å²) in [6, 6.07) is 13.2. The Balaban J connectivity index is 1.40. The van der Waals surface area contributed by atoms with Gasteiger partial charge in [-0.3, -0.25) is 9.59 Å². The molecule has 0 saturated carbocycles. The van der Waals surface area contributed by atoms with Crippen molar-refractivity contribution in [2.75, 3.05) is 37.4 Å². The van der Waals surface area contributed by atoms with Crippen LogP contribution in [0, 0.1) is 6.92 Å². The predicted octanol–water partition coefficient (Wildman–Crippen LogP) is 2.09. The second kappa shape index (κ2) is 7.95. The molecule has 0 bridgehead atoms. The average Bonchev–Trinajstić information content (AvgIpc) is 3.57. The Morgan fingerprint density at radius 3 is 2.74 bits per heavy atom. The molecule has 4 aromatic rings. The molecule has 0 aliphatic carbocycles. The molecule has 2 aliphatic heterocycles. The number of morpholine rings is 1.